The standard InChI is InChI=1S/C21H24ClN3O2/c1-14(2)17-7-5-16(6-8-17)13-23-25-21(27)11-10-20(26)24-18-9-4-15(3)19(22)12-18/h4-9,12-14H,10-11H2,1-3H3,(H,24,26)(H,25,27). The molecule has 0 spiro atoms. The topological polar surface area (TPSA) is 70.6 Å². The largest absolute Gasteiger partial charge is 0.326 e. The maximum Gasteiger partial charge on any atom is 0.240 e. The Morgan fingerprint density at radius 1 is 1.07 bits per heavy atom. The number of anilines is 1. The third-order valence-electron chi connectivity index (χ3n) is 4.04. The van der Waals surface area contributed by atoms with Gasteiger partial charge in [0.25, 0.3) is 0 Å². The Kier molecular flexibility index (Phi) is 7.55. The van der Waals surface area contributed by atoms with Crippen LogP contribution < -0.4 is 10.7 Å². The van der Waals surface area contributed by atoms with E-state index >= 15 is 0 Å². The van der Waals surface area contributed by atoms with E-state index in [2.05, 4.69) is 29.7 Å². The second-order valence-corrected chi connectivity index (χ2v) is 7.03. The van der Waals surface area contributed by atoms with Crippen molar-refractivity contribution in [2.24, 2.45) is 5.10 Å². The van der Waals surface area contributed by atoms with E-state index in [9.17, 15) is 9.59 Å². The molecule has 0 saturated carbocycles. The van der Waals surface area contributed by atoms with Crippen LogP contribution in [0.15, 0.2) is 47.6 Å². The van der Waals surface area contributed by atoms with Crippen LogP contribution in [-0.2, 0) is 9.59 Å². The maximum absolute atomic E-state index is 11.9. The number of benzene rings is 2. The van der Waals surface area contributed by atoms with Crippen molar-refractivity contribution in [1.82, 2.24) is 5.43 Å². The highest BCUT2D eigenvalue weighted by atomic mass is 35.5. The average Bonchev–Trinajstić information content (AvgIpc) is 2.63. The molecule has 0 bridgehead atoms. The zero-order chi connectivity index (χ0) is 19.8. The minimum atomic E-state index is -0.317. The fourth-order valence-corrected chi connectivity index (χ4v) is 2.50. The third-order valence-corrected chi connectivity index (χ3v) is 4.45. The normalized spacial score (nSPS) is 11.0. The number of hydrogen-bond donors (Lipinski definition) is 2. The van der Waals surface area contributed by atoms with Crippen molar-refractivity contribution >= 4 is 35.3 Å². The first-order valence-corrected chi connectivity index (χ1v) is 9.21. The highest BCUT2D eigenvalue weighted by molar-refractivity contribution is 6.31. The molecule has 27 heavy (non-hydrogen) atoms. The summed E-state index contributed by atoms with van der Waals surface area (Å²) in [5, 5.41) is 7.23. The number of rotatable bonds is 7. The molecule has 0 aliphatic carbocycles. The molecule has 0 aromatic heterocycles. The van der Waals surface area contributed by atoms with E-state index in [0.29, 0.717) is 16.6 Å². The van der Waals surface area contributed by atoms with E-state index in [0.717, 1.165) is 11.1 Å². The Morgan fingerprint density at radius 3 is 2.37 bits per heavy atom. The highest BCUT2D eigenvalue weighted by Gasteiger charge is 2.07. The average molecular weight is 386 g/mol. The molecule has 6 heteroatoms. The van der Waals surface area contributed by atoms with Gasteiger partial charge in [0.15, 0.2) is 0 Å². The summed E-state index contributed by atoms with van der Waals surface area (Å²) >= 11 is 6.03. The second kappa shape index (κ2) is 9.88. The maximum atomic E-state index is 11.9. The lowest BCUT2D eigenvalue weighted by Gasteiger charge is -2.06. The molecular formula is C21H24ClN3O2. The van der Waals surface area contributed by atoms with Crippen LogP contribution in [-0.4, -0.2) is 18.0 Å². The number of aryl methyl sites for hydroxylation is 1. The van der Waals surface area contributed by atoms with Crippen LogP contribution in [0, 0.1) is 6.92 Å². The lowest BCUT2D eigenvalue weighted by Crippen LogP contribution is -2.20. The summed E-state index contributed by atoms with van der Waals surface area (Å²) in [6.45, 7) is 6.15. The zero-order valence-electron chi connectivity index (χ0n) is 15.8. The minimum Gasteiger partial charge on any atom is -0.326 e. The van der Waals surface area contributed by atoms with Gasteiger partial charge in [0.2, 0.25) is 11.8 Å². The van der Waals surface area contributed by atoms with Gasteiger partial charge in [0, 0.05) is 23.6 Å². The van der Waals surface area contributed by atoms with Crippen LogP contribution in [0.25, 0.3) is 0 Å². The van der Waals surface area contributed by atoms with Crippen molar-refractivity contribution in [3.8, 4) is 0 Å². The van der Waals surface area contributed by atoms with Crippen molar-refractivity contribution in [3.63, 3.8) is 0 Å². The van der Waals surface area contributed by atoms with E-state index in [1.165, 1.54) is 5.56 Å². The number of carbonyl (C=O) groups excluding carboxylic acids is 2. The molecule has 0 unspecified atom stereocenters. The first-order valence-electron chi connectivity index (χ1n) is 8.83. The van der Waals surface area contributed by atoms with Gasteiger partial charge >= 0.3 is 0 Å². The summed E-state index contributed by atoms with van der Waals surface area (Å²) in [5.41, 5.74) is 6.12. The fourth-order valence-electron chi connectivity index (χ4n) is 2.32. The van der Waals surface area contributed by atoms with Gasteiger partial charge in [-0.05, 0) is 41.7 Å². The Bertz CT molecular complexity index is 830. The monoisotopic (exact) mass is 385 g/mol. The van der Waals surface area contributed by atoms with Gasteiger partial charge in [-0.1, -0.05) is 55.8 Å². The number of nitrogens with one attached hydrogen (secondary N) is 2. The van der Waals surface area contributed by atoms with E-state index < -0.39 is 0 Å². The van der Waals surface area contributed by atoms with Crippen LogP contribution in [0.3, 0.4) is 0 Å². The SMILES string of the molecule is Cc1ccc(NC(=O)CCC(=O)NN=Cc2ccc(C(C)C)cc2)cc1Cl. The van der Waals surface area contributed by atoms with Gasteiger partial charge in [-0.2, -0.15) is 5.10 Å². The Hall–Kier alpha value is -2.66. The van der Waals surface area contributed by atoms with Gasteiger partial charge in [-0.3, -0.25) is 9.59 Å². The van der Waals surface area contributed by atoms with Crippen molar-refractivity contribution in [1.29, 1.82) is 0 Å². The van der Waals surface area contributed by atoms with E-state index in [4.69, 9.17) is 11.6 Å². The van der Waals surface area contributed by atoms with Gasteiger partial charge in [0.05, 0.1) is 6.21 Å². The molecule has 0 radical (unpaired) electrons. The van der Waals surface area contributed by atoms with Crippen LogP contribution >= 0.6 is 11.6 Å². The first-order chi connectivity index (χ1) is 12.8. The van der Waals surface area contributed by atoms with E-state index in [1.54, 1.807) is 18.3 Å². The van der Waals surface area contributed by atoms with Crippen molar-refractivity contribution < 1.29 is 9.59 Å². The van der Waals surface area contributed by atoms with Crippen molar-refractivity contribution in [3.05, 3.63) is 64.2 Å². The quantitative estimate of drug-likeness (QED) is 0.538. The third kappa shape index (κ3) is 6.87. The second-order valence-electron chi connectivity index (χ2n) is 6.63. The van der Waals surface area contributed by atoms with Gasteiger partial charge in [-0.15, -0.1) is 0 Å². The van der Waals surface area contributed by atoms with E-state index in [1.807, 2.05) is 37.3 Å². The number of carbonyl (C=O) groups is 2. The molecule has 0 saturated heterocycles. The summed E-state index contributed by atoms with van der Waals surface area (Å²) in [4.78, 5) is 23.7. The molecule has 2 amide bonds. The lowest BCUT2D eigenvalue weighted by atomic mass is 10.0. The number of nitrogens with zero attached hydrogens (tertiary/aromatic N) is 1. The molecule has 2 N–H and O–H groups in total. The summed E-state index contributed by atoms with van der Waals surface area (Å²) in [5.74, 6) is -0.0989. The molecule has 5 nitrogen and oxygen atoms in total. The number of amides is 2. The summed E-state index contributed by atoms with van der Waals surface area (Å²) in [6, 6.07) is 13.3. The van der Waals surface area contributed by atoms with Crippen LogP contribution in [0.4, 0.5) is 5.69 Å². The Morgan fingerprint density at radius 2 is 1.74 bits per heavy atom. The molecule has 0 heterocycles. The van der Waals surface area contributed by atoms with Gasteiger partial charge in [0.1, 0.15) is 0 Å². The number of hydrogen-bond acceptors (Lipinski definition) is 3. The van der Waals surface area contributed by atoms with Crippen LogP contribution in [0.2, 0.25) is 5.02 Å². The number of halogens is 1. The van der Waals surface area contributed by atoms with Crippen LogP contribution in [0.5, 0.6) is 0 Å². The predicted octanol–water partition coefficient (Wildman–Crippen LogP) is 4.64. The molecule has 0 aliphatic rings. The van der Waals surface area contributed by atoms with Crippen LogP contribution in [0.1, 0.15) is 49.3 Å². The zero-order valence-corrected chi connectivity index (χ0v) is 16.5. The van der Waals surface area contributed by atoms with Gasteiger partial charge in [-0.25, -0.2) is 5.43 Å². The fraction of sp³-hybridized carbons (Fsp3) is 0.286. The van der Waals surface area contributed by atoms with Crippen molar-refractivity contribution in [2.75, 3.05) is 5.32 Å². The predicted molar refractivity (Wildman–Crippen MR) is 110 cm³/mol. The number of hydrazone groups is 1. The summed E-state index contributed by atoms with van der Waals surface area (Å²) < 4.78 is 0. The first kappa shape index (κ1) is 20.6. The van der Waals surface area contributed by atoms with E-state index in [-0.39, 0.29) is 24.7 Å². The molecule has 2 rings (SSSR count). The Balaban J connectivity index is 1.75. The molecule has 0 fully saturated rings. The Labute approximate surface area is 164 Å². The molecule has 0 aliphatic heterocycles. The molecule has 2 aromatic carbocycles. The molecule has 0 atom stereocenters. The molecule has 2 aromatic rings. The summed E-state index contributed by atoms with van der Waals surface area (Å²) in [7, 11) is 0. The van der Waals surface area contributed by atoms with Gasteiger partial charge < -0.3 is 5.32 Å². The van der Waals surface area contributed by atoms with Crippen molar-refractivity contribution in [2.45, 2.75) is 39.5 Å². The smallest absolute Gasteiger partial charge is 0.240 e. The summed E-state index contributed by atoms with van der Waals surface area (Å²) in [6.07, 6.45) is 1.70. The lowest BCUT2D eigenvalue weighted by molar-refractivity contribution is -0.124. The molecule has 142 valence electrons. The minimum absolute atomic E-state index is 0.0506. The molecular weight excluding hydrogens is 362 g/mol. The highest BCUT2D eigenvalue weighted by Crippen LogP contribution is 2.20.